The number of amides is 1. The summed E-state index contributed by atoms with van der Waals surface area (Å²) in [5.41, 5.74) is 8.86. The molecule has 0 spiro atoms. The number of nitrogens with two attached hydrogens (primary N) is 1. The summed E-state index contributed by atoms with van der Waals surface area (Å²) in [5.74, 6) is -1.40. The van der Waals surface area contributed by atoms with E-state index in [1.807, 2.05) is 18.2 Å². The van der Waals surface area contributed by atoms with E-state index in [1.165, 1.54) is 18.3 Å². The molecule has 3 N–H and O–H groups in total. The van der Waals surface area contributed by atoms with Gasteiger partial charge in [0, 0.05) is 52.3 Å². The molecule has 32 heavy (non-hydrogen) atoms. The summed E-state index contributed by atoms with van der Waals surface area (Å²) in [6, 6.07) is 10.2. The minimum atomic E-state index is -0.705. The molecule has 1 amide bonds. The number of pyridine rings is 2. The number of hydrogen-bond donors (Lipinski definition) is 2. The Kier molecular flexibility index (Phi) is 5.64. The van der Waals surface area contributed by atoms with Crippen LogP contribution < -0.4 is 5.73 Å². The van der Waals surface area contributed by atoms with Crippen LogP contribution in [0.3, 0.4) is 0 Å². The first-order valence-electron chi connectivity index (χ1n) is 10.1. The Hall–Kier alpha value is -4.13. The van der Waals surface area contributed by atoms with E-state index in [2.05, 4.69) is 28.8 Å². The number of primary amides is 1. The lowest BCUT2D eigenvalue weighted by Crippen LogP contribution is -2.07. The third-order valence-corrected chi connectivity index (χ3v) is 5.22. The molecule has 3 aromatic heterocycles. The smallest absolute Gasteiger partial charge is 0.241 e. The Labute approximate surface area is 184 Å². The maximum atomic E-state index is 14.8. The largest absolute Gasteiger partial charge is 0.366 e. The number of ketones is 1. The SMILES string of the molecule is CC(C)c1ccc(C(=O)c2ncc(-c3cnc4[nH]cc(/C=C/C(N)=O)c4c3)cc2F)cc1. The molecule has 7 heteroatoms. The highest BCUT2D eigenvalue weighted by molar-refractivity contribution is 6.08. The first-order chi connectivity index (χ1) is 15.3. The van der Waals surface area contributed by atoms with Gasteiger partial charge in [0.1, 0.15) is 11.3 Å². The minimum Gasteiger partial charge on any atom is -0.366 e. The van der Waals surface area contributed by atoms with Gasteiger partial charge in [0.15, 0.2) is 5.82 Å². The van der Waals surface area contributed by atoms with Gasteiger partial charge in [-0.15, -0.1) is 0 Å². The number of halogens is 1. The monoisotopic (exact) mass is 428 g/mol. The Morgan fingerprint density at radius 2 is 1.75 bits per heavy atom. The van der Waals surface area contributed by atoms with Crippen LogP contribution in [0.1, 0.15) is 46.9 Å². The van der Waals surface area contributed by atoms with Gasteiger partial charge in [-0.2, -0.15) is 0 Å². The van der Waals surface area contributed by atoms with Gasteiger partial charge >= 0.3 is 0 Å². The molecule has 0 fully saturated rings. The predicted octanol–water partition coefficient (Wildman–Crippen LogP) is 4.62. The van der Waals surface area contributed by atoms with E-state index in [0.29, 0.717) is 28.3 Å². The Morgan fingerprint density at radius 3 is 2.41 bits per heavy atom. The maximum absolute atomic E-state index is 14.8. The average molecular weight is 428 g/mol. The molecule has 0 aliphatic carbocycles. The normalized spacial score (nSPS) is 11.5. The molecular weight excluding hydrogens is 407 g/mol. The van der Waals surface area contributed by atoms with Gasteiger partial charge < -0.3 is 10.7 Å². The fourth-order valence-electron chi connectivity index (χ4n) is 3.41. The first-order valence-corrected chi connectivity index (χ1v) is 10.1. The molecule has 6 nitrogen and oxygen atoms in total. The van der Waals surface area contributed by atoms with Crippen LogP contribution in [-0.4, -0.2) is 26.6 Å². The van der Waals surface area contributed by atoms with Crippen molar-refractivity contribution in [1.29, 1.82) is 0 Å². The van der Waals surface area contributed by atoms with Gasteiger partial charge in [-0.25, -0.2) is 14.4 Å². The Balaban J connectivity index is 1.65. The molecule has 3 heterocycles. The number of fused-ring (bicyclic) bond motifs is 1. The van der Waals surface area contributed by atoms with E-state index in [-0.39, 0.29) is 5.69 Å². The van der Waals surface area contributed by atoms with E-state index < -0.39 is 17.5 Å². The number of aromatic amines is 1. The highest BCUT2D eigenvalue weighted by Gasteiger charge is 2.17. The van der Waals surface area contributed by atoms with Crippen molar-refractivity contribution in [1.82, 2.24) is 15.0 Å². The van der Waals surface area contributed by atoms with Crippen LogP contribution in [0.5, 0.6) is 0 Å². The molecule has 0 saturated carbocycles. The van der Waals surface area contributed by atoms with Crippen molar-refractivity contribution in [2.24, 2.45) is 5.73 Å². The summed E-state index contributed by atoms with van der Waals surface area (Å²) in [4.78, 5) is 35.2. The molecule has 0 unspecified atom stereocenters. The molecule has 0 aliphatic heterocycles. The molecule has 160 valence electrons. The van der Waals surface area contributed by atoms with Crippen molar-refractivity contribution in [3.05, 3.63) is 89.3 Å². The zero-order chi connectivity index (χ0) is 22.8. The summed E-state index contributed by atoms with van der Waals surface area (Å²) in [6.45, 7) is 4.13. The number of carbonyl (C=O) groups excluding carboxylic acids is 2. The third kappa shape index (κ3) is 4.18. The van der Waals surface area contributed by atoms with Crippen molar-refractivity contribution >= 4 is 28.8 Å². The molecular formula is C25H21FN4O2. The van der Waals surface area contributed by atoms with Gasteiger partial charge in [0.05, 0.1) is 0 Å². The quantitative estimate of drug-likeness (QED) is 0.346. The summed E-state index contributed by atoms with van der Waals surface area (Å²) in [5, 5.41) is 0.741. The van der Waals surface area contributed by atoms with Gasteiger partial charge in [-0.1, -0.05) is 38.1 Å². The summed E-state index contributed by atoms with van der Waals surface area (Å²) >= 11 is 0. The van der Waals surface area contributed by atoms with Crippen LogP contribution in [0.15, 0.2) is 61.1 Å². The highest BCUT2D eigenvalue weighted by atomic mass is 19.1. The number of nitrogens with zero attached hydrogens (tertiary/aromatic N) is 2. The van der Waals surface area contributed by atoms with Gasteiger partial charge in [0.25, 0.3) is 0 Å². The number of H-pyrrole nitrogens is 1. The summed E-state index contributed by atoms with van der Waals surface area (Å²) < 4.78 is 14.8. The number of carbonyl (C=O) groups is 2. The van der Waals surface area contributed by atoms with Crippen LogP contribution in [0.25, 0.3) is 28.2 Å². The van der Waals surface area contributed by atoms with E-state index in [1.54, 1.807) is 30.6 Å². The standard InChI is InChI=1S/C25H21FN4O2/c1-14(2)15-3-5-16(6-4-15)24(32)23-21(26)10-19(12-28-23)18-9-20-17(7-8-22(27)31)11-29-25(20)30-13-18/h3-14H,1-2H3,(H2,27,31)(H,29,30)/b8-7+. The molecule has 0 radical (unpaired) electrons. The molecule has 0 bridgehead atoms. The van der Waals surface area contributed by atoms with E-state index in [4.69, 9.17) is 5.73 Å². The van der Waals surface area contributed by atoms with Crippen LogP contribution in [-0.2, 0) is 4.79 Å². The number of rotatable bonds is 6. The third-order valence-electron chi connectivity index (χ3n) is 5.22. The van der Waals surface area contributed by atoms with Crippen LogP contribution in [0.2, 0.25) is 0 Å². The van der Waals surface area contributed by atoms with Gasteiger partial charge in [-0.3, -0.25) is 9.59 Å². The van der Waals surface area contributed by atoms with Crippen molar-refractivity contribution < 1.29 is 14.0 Å². The number of nitrogens with one attached hydrogen (secondary N) is 1. The summed E-state index contributed by atoms with van der Waals surface area (Å²) in [6.07, 6.45) is 7.57. The van der Waals surface area contributed by atoms with E-state index in [0.717, 1.165) is 16.5 Å². The predicted molar refractivity (Wildman–Crippen MR) is 121 cm³/mol. The second-order valence-corrected chi connectivity index (χ2v) is 7.76. The zero-order valence-electron chi connectivity index (χ0n) is 17.6. The van der Waals surface area contributed by atoms with Gasteiger partial charge in [0.2, 0.25) is 11.7 Å². The second kappa shape index (κ2) is 8.55. The number of aromatic nitrogens is 3. The molecule has 1 aromatic carbocycles. The fraction of sp³-hybridized carbons (Fsp3) is 0.120. The second-order valence-electron chi connectivity index (χ2n) is 7.76. The fourth-order valence-corrected chi connectivity index (χ4v) is 3.41. The maximum Gasteiger partial charge on any atom is 0.241 e. The molecule has 4 aromatic rings. The van der Waals surface area contributed by atoms with Crippen LogP contribution in [0.4, 0.5) is 4.39 Å². The first kappa shape index (κ1) is 21.1. The van der Waals surface area contributed by atoms with Crippen molar-refractivity contribution in [3.63, 3.8) is 0 Å². The number of benzene rings is 1. The topological polar surface area (TPSA) is 102 Å². The minimum absolute atomic E-state index is 0.230. The Morgan fingerprint density at radius 1 is 1.06 bits per heavy atom. The molecule has 0 atom stereocenters. The lowest BCUT2D eigenvalue weighted by atomic mass is 9.99. The number of hydrogen-bond acceptors (Lipinski definition) is 4. The average Bonchev–Trinajstić information content (AvgIpc) is 3.19. The molecule has 0 saturated heterocycles. The Bertz CT molecular complexity index is 1350. The van der Waals surface area contributed by atoms with Crippen LogP contribution in [0, 0.1) is 5.82 Å². The summed E-state index contributed by atoms with van der Waals surface area (Å²) in [7, 11) is 0. The van der Waals surface area contributed by atoms with Crippen molar-refractivity contribution in [3.8, 4) is 11.1 Å². The molecule has 0 aliphatic rings. The van der Waals surface area contributed by atoms with Gasteiger partial charge in [-0.05, 0) is 29.7 Å². The van der Waals surface area contributed by atoms with Crippen molar-refractivity contribution in [2.75, 3.05) is 0 Å². The zero-order valence-corrected chi connectivity index (χ0v) is 17.6. The lowest BCUT2D eigenvalue weighted by molar-refractivity contribution is -0.113. The van der Waals surface area contributed by atoms with Crippen molar-refractivity contribution in [2.45, 2.75) is 19.8 Å². The van der Waals surface area contributed by atoms with Crippen LogP contribution >= 0.6 is 0 Å². The van der Waals surface area contributed by atoms with E-state index >= 15 is 0 Å². The lowest BCUT2D eigenvalue weighted by Gasteiger charge is -2.08. The highest BCUT2D eigenvalue weighted by Crippen LogP contribution is 2.26. The molecule has 4 rings (SSSR count). The van der Waals surface area contributed by atoms with E-state index in [9.17, 15) is 14.0 Å².